The summed E-state index contributed by atoms with van der Waals surface area (Å²) in [6, 6.07) is 30.0. The van der Waals surface area contributed by atoms with E-state index in [1.807, 2.05) is 12.1 Å². The number of benzene rings is 5. The highest BCUT2D eigenvalue weighted by molar-refractivity contribution is 5.82. The van der Waals surface area contributed by atoms with E-state index < -0.39 is 40.5 Å². The number of aliphatic hydroxyl groups is 2. The number of H-pyrrole nitrogens is 1. The lowest BCUT2D eigenvalue weighted by atomic mass is 9.47. The Morgan fingerprint density at radius 2 is 1.54 bits per heavy atom. The van der Waals surface area contributed by atoms with Gasteiger partial charge < -0.3 is 55.3 Å². The summed E-state index contributed by atoms with van der Waals surface area (Å²) in [6.07, 6.45) is 18.5. The van der Waals surface area contributed by atoms with Gasteiger partial charge in [-0.25, -0.2) is 0 Å². The Labute approximate surface area is 498 Å². The number of hydrogen-bond acceptors (Lipinski definition) is 12. The number of carbonyl (C=O) groups excluding carboxylic acids is 1. The highest BCUT2D eigenvalue weighted by Crippen LogP contribution is 2.77. The number of Topliss-reactive ketones (excluding diaryl/α,β-unsaturated/α-hetero) is 1. The zero-order chi connectivity index (χ0) is 58.6. The van der Waals surface area contributed by atoms with Gasteiger partial charge in [-0.15, -0.1) is 0 Å². The van der Waals surface area contributed by atoms with Crippen LogP contribution in [0.5, 0.6) is 46.0 Å². The fraction of sp³-hybridized carbons (Fsp3) is 0.514. The average Bonchev–Trinajstić information content (AvgIpc) is 1.62. The van der Waals surface area contributed by atoms with Gasteiger partial charge in [0.05, 0.1) is 11.7 Å². The predicted octanol–water partition coefficient (Wildman–Crippen LogP) is 13.4. The third-order valence-corrected chi connectivity index (χ3v) is 23.6. The van der Waals surface area contributed by atoms with E-state index in [0.29, 0.717) is 56.4 Å². The number of phenols is 6. The summed E-state index contributed by atoms with van der Waals surface area (Å²) >= 11 is 0. The highest BCUT2D eigenvalue weighted by atomic mass is 16.5. The lowest BCUT2D eigenvalue weighted by Gasteiger charge is -2.56. The van der Waals surface area contributed by atoms with E-state index in [1.54, 1.807) is 48.5 Å². The van der Waals surface area contributed by atoms with E-state index in [4.69, 9.17) is 15.2 Å². The highest BCUT2D eigenvalue weighted by Gasteiger charge is 2.69. The fourth-order valence-electron chi connectivity index (χ4n) is 20.1. The Bertz CT molecular complexity index is 3510. The Morgan fingerprint density at radius 1 is 0.741 bits per heavy atom. The van der Waals surface area contributed by atoms with Crippen molar-refractivity contribution in [1.82, 2.24) is 4.98 Å². The van der Waals surface area contributed by atoms with Crippen LogP contribution in [-0.4, -0.2) is 70.1 Å². The molecule has 0 radical (unpaired) electrons. The number of aromatic nitrogens is 1. The van der Waals surface area contributed by atoms with Crippen molar-refractivity contribution < 1.29 is 55.1 Å². The number of hydrogen-bond donors (Lipinski definition) is 10. The minimum atomic E-state index is -1.13. The summed E-state index contributed by atoms with van der Waals surface area (Å²) in [7, 11) is 0. The molecule has 448 valence electrons. The van der Waals surface area contributed by atoms with E-state index in [9.17, 15) is 40.9 Å². The van der Waals surface area contributed by atoms with Crippen molar-refractivity contribution in [1.29, 1.82) is 0 Å². The van der Waals surface area contributed by atoms with Gasteiger partial charge in [0, 0.05) is 52.8 Å². The van der Waals surface area contributed by atoms with Crippen molar-refractivity contribution in [3.05, 3.63) is 142 Å². The van der Waals surface area contributed by atoms with Crippen molar-refractivity contribution in [3.8, 4) is 57.3 Å². The Morgan fingerprint density at radius 3 is 2.34 bits per heavy atom. The molecule has 12 atom stereocenters. The van der Waals surface area contributed by atoms with Gasteiger partial charge in [0.25, 0.3) is 0 Å². The number of nitrogens with one attached hydrogen (secondary N) is 1. The lowest BCUT2D eigenvalue weighted by Crippen LogP contribution is -2.53. The summed E-state index contributed by atoms with van der Waals surface area (Å²) in [5.74, 6) is -2.36. The van der Waals surface area contributed by atoms with Crippen molar-refractivity contribution in [2.24, 2.45) is 46.7 Å². The minimum Gasteiger partial charge on any atom is -0.508 e. The number of aryl methyl sites for hydroxylation is 1. The van der Waals surface area contributed by atoms with Crippen molar-refractivity contribution in [2.45, 2.75) is 182 Å². The molecule has 9 aliphatic carbocycles. The van der Waals surface area contributed by atoms with Crippen molar-refractivity contribution >= 4 is 5.78 Å². The summed E-state index contributed by atoms with van der Waals surface area (Å²) in [5, 5.41) is 94.5. The number of aromatic hydroxyl groups is 6. The summed E-state index contributed by atoms with van der Waals surface area (Å²) < 4.78 is 13.0. The van der Waals surface area contributed by atoms with E-state index in [2.05, 4.69) is 41.5 Å². The molecule has 13 nitrogen and oxygen atoms in total. The number of rotatable bonds is 15. The molecular formula is C72H84N2O11. The van der Waals surface area contributed by atoms with E-state index in [0.717, 1.165) is 111 Å². The molecule has 6 fully saturated rings. The monoisotopic (exact) mass is 1150 g/mol. The third-order valence-electron chi connectivity index (χ3n) is 23.6. The maximum Gasteiger partial charge on any atom is 0.200 e. The maximum absolute atomic E-state index is 15.5. The van der Waals surface area contributed by atoms with Crippen LogP contribution >= 0.6 is 0 Å². The van der Waals surface area contributed by atoms with Gasteiger partial charge in [0.2, 0.25) is 5.75 Å². The largest absolute Gasteiger partial charge is 0.508 e. The molecule has 12 unspecified atom stereocenters. The van der Waals surface area contributed by atoms with Crippen LogP contribution in [0.4, 0.5) is 0 Å². The van der Waals surface area contributed by atoms with Gasteiger partial charge in [-0.3, -0.25) is 10.5 Å². The number of aliphatic hydroxyl groups excluding tert-OH is 1. The van der Waals surface area contributed by atoms with Gasteiger partial charge in [-0.1, -0.05) is 67.8 Å². The predicted molar refractivity (Wildman–Crippen MR) is 323 cm³/mol. The molecule has 5 aromatic carbocycles. The zero-order valence-corrected chi connectivity index (χ0v) is 48.7. The first kappa shape index (κ1) is 56.2. The topological polar surface area (TPSA) is 239 Å². The Kier molecular flexibility index (Phi) is 14.3. The van der Waals surface area contributed by atoms with Crippen LogP contribution in [0, 0.1) is 40.9 Å². The second-order valence-corrected chi connectivity index (χ2v) is 27.8. The number of carbonyl (C=O) groups is 1. The second kappa shape index (κ2) is 21.6. The number of ether oxygens (including phenoxy) is 2. The van der Waals surface area contributed by atoms with E-state index in [-0.39, 0.29) is 99.9 Å². The molecule has 11 N–H and O–H groups in total. The van der Waals surface area contributed by atoms with Crippen LogP contribution in [0.15, 0.2) is 103 Å². The van der Waals surface area contributed by atoms with Gasteiger partial charge >= 0.3 is 0 Å². The standard InChI is InChI=1S/C72H84N2O11/c73-40-84-60-31-41(14-18-57(60)78)13-17-56(77)52-33-44(32-43-15-16-48(76)37-58(43)79)51-34-45-35-55(62(63(51)65(52)81)53-38-59(80)66(82)67(61(45)53)85-71(24-6-7-25-71)46-9-8-10-47(75)36-46)72-29-28-69(26-19-42(39-69)20-27-70(83)22-4-1-5-23-70)68(72)50-21-30-74-64(50)49-11-2-3-12-54(49)72/h2-3,8-12,14-16,18,21,30-31,36-38,42,44-45,51-52,55,62-63,65,68,74-76,78-83H,1,4-7,13,17,19-20,22-29,32-35,39-40,73H2. The molecule has 0 saturated heterocycles. The van der Waals surface area contributed by atoms with Gasteiger partial charge in [0.15, 0.2) is 23.0 Å². The molecular weight excluding hydrogens is 1070 g/mol. The molecule has 1 spiro atoms. The van der Waals surface area contributed by atoms with Crippen LogP contribution in [0.25, 0.3) is 11.3 Å². The number of nitrogens with two attached hydrogens (primary N) is 1. The zero-order valence-electron chi connectivity index (χ0n) is 48.7. The van der Waals surface area contributed by atoms with Crippen LogP contribution < -0.4 is 15.2 Å². The average molecular weight is 1150 g/mol. The molecule has 6 saturated carbocycles. The van der Waals surface area contributed by atoms with Gasteiger partial charge in [0.1, 0.15) is 35.4 Å². The maximum atomic E-state index is 15.5. The number of phenolic OH excluding ortho intramolecular Hbond substituents is 6. The first-order chi connectivity index (χ1) is 41.1. The summed E-state index contributed by atoms with van der Waals surface area (Å²) in [4.78, 5) is 19.2. The first-order valence-electron chi connectivity index (χ1n) is 32.0. The van der Waals surface area contributed by atoms with E-state index >= 15 is 4.79 Å². The normalized spacial score (nSPS) is 31.1. The quantitative estimate of drug-likeness (QED) is 0.0341. The van der Waals surface area contributed by atoms with Crippen LogP contribution in [-0.2, 0) is 28.7 Å². The van der Waals surface area contributed by atoms with Crippen molar-refractivity contribution in [3.63, 3.8) is 0 Å². The third kappa shape index (κ3) is 9.38. The molecule has 2 bridgehead atoms. The first-order valence-corrected chi connectivity index (χ1v) is 32.0. The van der Waals surface area contributed by atoms with Crippen molar-refractivity contribution in [2.75, 3.05) is 6.73 Å². The molecule has 1 aromatic heterocycles. The fourth-order valence-corrected chi connectivity index (χ4v) is 20.1. The molecule has 0 aliphatic heterocycles. The Hall–Kier alpha value is -6.67. The number of aromatic amines is 1. The second-order valence-electron chi connectivity index (χ2n) is 27.8. The SMILES string of the molecule is NCOc1cc(CCC(=O)C2CC(Cc3ccc(O)cc3O)C3CC4CC(C56CCC7(CCC(CCC8(O)CCCCC8)C7)C5c5cc[nH]c5-c5ccccc56)C(c5cc(O)c(O)c(OC6(c7cccc(O)c7)CCCC6)c54)C3C2O)ccc1O. The van der Waals surface area contributed by atoms with Gasteiger partial charge in [-0.2, -0.15) is 0 Å². The molecule has 85 heavy (non-hydrogen) atoms. The van der Waals surface area contributed by atoms with E-state index in [1.165, 1.54) is 29.2 Å². The smallest absolute Gasteiger partial charge is 0.200 e. The Balaban J connectivity index is 0.944. The van der Waals surface area contributed by atoms with Gasteiger partial charge in [-0.05, 0) is 238 Å². The molecule has 13 heteroatoms. The molecule has 0 amide bonds. The van der Waals surface area contributed by atoms with Crippen LogP contribution in [0.2, 0.25) is 0 Å². The molecule has 9 aliphatic rings. The minimum absolute atomic E-state index is 0.0349. The summed E-state index contributed by atoms with van der Waals surface area (Å²) in [6.45, 7) is -0.132. The number of ketones is 1. The lowest BCUT2D eigenvalue weighted by molar-refractivity contribution is -0.136. The number of fused-ring (bicyclic) bond motifs is 9. The van der Waals surface area contributed by atoms with Crippen LogP contribution in [0.1, 0.15) is 185 Å². The molecule has 1 heterocycles. The summed E-state index contributed by atoms with van der Waals surface area (Å²) in [5.41, 5.74) is 12.5. The molecule has 6 aromatic rings. The molecule has 15 rings (SSSR count). The van der Waals surface area contributed by atoms with Crippen LogP contribution in [0.3, 0.4) is 0 Å².